The molecule has 0 aromatic heterocycles. The van der Waals surface area contributed by atoms with E-state index in [9.17, 15) is 106 Å². The third kappa shape index (κ3) is 12.2. The van der Waals surface area contributed by atoms with E-state index in [4.69, 9.17) is 28.4 Å². The van der Waals surface area contributed by atoms with Crippen LogP contribution in [0.5, 0.6) is 0 Å². The van der Waals surface area contributed by atoms with Crippen LogP contribution in [0.3, 0.4) is 0 Å². The molecule has 0 bridgehead atoms. The van der Waals surface area contributed by atoms with Crippen molar-refractivity contribution in [3.8, 4) is 0 Å². The Morgan fingerprint density at radius 1 is 0.698 bits per heavy atom. The third-order valence-electron chi connectivity index (χ3n) is 10.5. The van der Waals surface area contributed by atoms with E-state index < -0.39 is 191 Å². The van der Waals surface area contributed by atoms with Gasteiger partial charge in [-0.3, -0.25) is 9.59 Å². The van der Waals surface area contributed by atoms with Gasteiger partial charge in [0, 0.05) is 26.7 Å². The molecule has 3 aliphatic rings. The second-order valence-electron chi connectivity index (χ2n) is 15.1. The van der Waals surface area contributed by atoms with Crippen LogP contribution >= 0.6 is 0 Å². The van der Waals surface area contributed by atoms with Gasteiger partial charge in [-0.2, -0.15) is 0 Å². The molecule has 21 atom stereocenters. The minimum absolute atomic E-state index is 0.253. The van der Waals surface area contributed by atoms with E-state index in [1.165, 1.54) is 0 Å². The Balaban J connectivity index is 2.36. The highest BCUT2D eigenvalue weighted by Gasteiger charge is 2.64. The zero-order chi connectivity index (χ0) is 47.9. The first-order valence-electron chi connectivity index (χ1n) is 19.1. The van der Waals surface area contributed by atoms with Gasteiger partial charge in [0.2, 0.25) is 11.8 Å². The lowest BCUT2D eigenvalue weighted by molar-refractivity contribution is -0.410. The summed E-state index contributed by atoms with van der Waals surface area (Å²) in [7, 11) is 0. The smallest absolute Gasteiger partial charge is 0.364 e. The summed E-state index contributed by atoms with van der Waals surface area (Å²) in [6.45, 7) is -3.18. The molecule has 29 nitrogen and oxygen atoms in total. The molecule has 18 N–H and O–H groups in total. The summed E-state index contributed by atoms with van der Waals surface area (Å²) in [5.41, 5.74) is 0. The molecule has 29 heteroatoms. The van der Waals surface area contributed by atoms with Gasteiger partial charge in [-0.15, -0.1) is 0 Å². The largest absolute Gasteiger partial charge is 0.477 e. The number of carbonyl (C=O) groups excluding carboxylic acids is 3. The van der Waals surface area contributed by atoms with Crippen LogP contribution in [-0.2, 0) is 52.4 Å². The highest BCUT2D eigenvalue weighted by molar-refractivity contribution is 5.77. The van der Waals surface area contributed by atoms with E-state index in [0.29, 0.717) is 0 Å². The monoisotopic (exact) mass is 924 g/mol. The Hall–Kier alpha value is -3.25. The molecular formula is C34H56N2O27. The Morgan fingerprint density at radius 3 is 1.46 bits per heavy atom. The fourth-order valence-corrected chi connectivity index (χ4v) is 7.28. The Kier molecular flexibility index (Phi) is 19.6. The topological polar surface area (TPSA) is 488 Å². The van der Waals surface area contributed by atoms with Crippen molar-refractivity contribution in [3.63, 3.8) is 0 Å². The first-order valence-corrected chi connectivity index (χ1v) is 19.1. The second kappa shape index (κ2) is 22.8. The summed E-state index contributed by atoms with van der Waals surface area (Å²) < 4.78 is 34.1. The van der Waals surface area contributed by atoms with Crippen LogP contribution in [0.25, 0.3) is 0 Å². The maximum absolute atomic E-state index is 13.3. The number of carbonyl (C=O) groups is 5. The van der Waals surface area contributed by atoms with E-state index in [1.54, 1.807) is 0 Å². The third-order valence-corrected chi connectivity index (χ3v) is 10.5. The van der Waals surface area contributed by atoms with Gasteiger partial charge in [0.15, 0.2) is 12.6 Å². The van der Waals surface area contributed by atoms with Crippen LogP contribution < -0.4 is 10.6 Å². The Labute approximate surface area is 355 Å². The van der Waals surface area contributed by atoms with Crippen molar-refractivity contribution in [2.75, 3.05) is 26.4 Å². The van der Waals surface area contributed by atoms with Crippen molar-refractivity contribution in [1.29, 1.82) is 0 Å². The summed E-state index contributed by atoms with van der Waals surface area (Å²) in [4.78, 5) is 62.1. The molecule has 3 rings (SSSR count). The molecule has 0 radical (unpaired) electrons. The maximum Gasteiger partial charge on any atom is 0.364 e. The van der Waals surface area contributed by atoms with Crippen molar-refractivity contribution in [2.45, 2.75) is 154 Å². The first kappa shape index (κ1) is 54.1. The van der Waals surface area contributed by atoms with Gasteiger partial charge < -0.3 is 126 Å². The predicted molar refractivity (Wildman–Crippen MR) is 193 cm³/mol. The number of nitrogens with one attached hydrogen (secondary N) is 2. The van der Waals surface area contributed by atoms with Gasteiger partial charge in [0.05, 0.1) is 50.7 Å². The Bertz CT molecular complexity index is 1550. The van der Waals surface area contributed by atoms with E-state index in [0.717, 1.165) is 13.8 Å². The fourth-order valence-electron chi connectivity index (χ4n) is 7.28. The lowest BCUT2D eigenvalue weighted by Gasteiger charge is -2.53. The van der Waals surface area contributed by atoms with E-state index in [2.05, 4.69) is 10.6 Å². The van der Waals surface area contributed by atoms with Gasteiger partial charge in [0.1, 0.15) is 85.5 Å². The molecule has 364 valence electrons. The predicted octanol–water partition coefficient (Wildman–Crippen LogP) is -11.2. The standard InChI is InChI=1S/C34H56N2O27/c1-10(42)35-19-12(44)3-33(31(54)55,60-26(19)22(51)15(47)6-38)62-28-24(53)18(9-41)58-30(59-25(17(49)8-40)21(50)14(46)5-37)29(28)63-34(32(56)57)4-13(45)20(36-11(2)43)27(61-34)23(52)16(48)7-39/h5,12-30,38-41,44-53H,3-4,6-9H2,1-2H3,(H,35,42)(H,36,43)(H,54,55)(H,56,57)/t12-,13-,14-,15+,16+,17+,18+,19+,20+,21+,22+,23+,24-,25+,26+,27+,28-,29+,30-,33-,34-/m0/s1. The summed E-state index contributed by atoms with van der Waals surface area (Å²) >= 11 is 0. The molecule has 0 aliphatic carbocycles. The quantitative estimate of drug-likeness (QED) is 0.0448. The number of rotatable bonds is 22. The van der Waals surface area contributed by atoms with Crippen LogP contribution in [0.1, 0.15) is 26.7 Å². The van der Waals surface area contributed by atoms with Gasteiger partial charge in [-0.05, 0) is 0 Å². The molecule has 3 heterocycles. The van der Waals surface area contributed by atoms with Crippen molar-refractivity contribution in [1.82, 2.24) is 10.6 Å². The number of aliphatic carboxylic acids is 2. The molecule has 63 heavy (non-hydrogen) atoms. The second-order valence-corrected chi connectivity index (χ2v) is 15.1. The highest BCUT2D eigenvalue weighted by atomic mass is 16.8. The van der Waals surface area contributed by atoms with Crippen LogP contribution in [-0.4, -0.2) is 266 Å². The number of amides is 2. The van der Waals surface area contributed by atoms with Crippen LogP contribution in [0, 0.1) is 0 Å². The first-order chi connectivity index (χ1) is 29.4. The number of aldehydes is 1. The lowest BCUT2D eigenvalue weighted by Crippen LogP contribution is -2.73. The summed E-state index contributed by atoms with van der Waals surface area (Å²) in [5, 5.41) is 173. The molecule has 0 unspecified atom stereocenters. The summed E-state index contributed by atoms with van der Waals surface area (Å²) in [6, 6.07) is -3.58. The van der Waals surface area contributed by atoms with Gasteiger partial charge in [-0.25, -0.2) is 9.59 Å². The minimum atomic E-state index is -3.48. The fraction of sp³-hybridized carbons (Fsp3) is 0.853. The number of ether oxygens (including phenoxy) is 6. The SMILES string of the molecule is CC(=O)N[C@H]1[C@H]([C@H](O)[C@H](O)CO)O[C@@](O[C@H]2[C@H](O[C@@H]([C@H](O)[C@@H](O)C=O)[C@H](O)CO)O[C@H](CO)[C@H](O)[C@@H]2O[C@]2(C(=O)O)C[C@H](O)[C@@H](NC(C)=O)[C@H]([C@H](O)[C@H](O)CO)O2)(C(=O)O)C[C@@H]1O. The highest BCUT2D eigenvalue weighted by Crippen LogP contribution is 2.42. The van der Waals surface area contributed by atoms with Crippen LogP contribution in [0.2, 0.25) is 0 Å². The molecule has 0 aromatic rings. The molecular weight excluding hydrogens is 868 g/mol. The summed E-state index contributed by atoms with van der Waals surface area (Å²) in [6.07, 6.45) is -42.9. The number of carboxylic acids is 2. The zero-order valence-electron chi connectivity index (χ0n) is 33.4. The number of hydrogen-bond acceptors (Lipinski definition) is 25. The molecule has 2 amide bonds. The maximum atomic E-state index is 13.3. The molecule has 0 saturated carbocycles. The lowest BCUT2D eigenvalue weighted by atomic mass is 9.87. The van der Waals surface area contributed by atoms with Gasteiger partial charge in [0.25, 0.3) is 11.6 Å². The Morgan fingerprint density at radius 2 is 1.11 bits per heavy atom. The van der Waals surface area contributed by atoms with Crippen LogP contribution in [0.4, 0.5) is 0 Å². The van der Waals surface area contributed by atoms with Crippen LogP contribution in [0.15, 0.2) is 0 Å². The zero-order valence-corrected chi connectivity index (χ0v) is 33.4. The van der Waals surface area contributed by atoms with Gasteiger partial charge >= 0.3 is 11.9 Å². The minimum Gasteiger partial charge on any atom is -0.477 e. The van der Waals surface area contributed by atoms with E-state index in [-0.39, 0.29) is 6.29 Å². The molecule has 0 spiro atoms. The number of aliphatic hydroxyl groups excluding tert-OH is 14. The van der Waals surface area contributed by atoms with Crippen molar-refractivity contribution in [3.05, 3.63) is 0 Å². The normalized spacial score (nSPS) is 37.6. The number of hydrogen-bond donors (Lipinski definition) is 18. The summed E-state index contributed by atoms with van der Waals surface area (Å²) in [5.74, 6) is -13.2. The van der Waals surface area contributed by atoms with Gasteiger partial charge in [-0.1, -0.05) is 0 Å². The average Bonchev–Trinajstić information content (AvgIpc) is 3.23. The number of aliphatic hydroxyl groups is 14. The molecule has 3 saturated heterocycles. The molecule has 0 aromatic carbocycles. The average molecular weight is 925 g/mol. The van der Waals surface area contributed by atoms with Crippen molar-refractivity contribution in [2.24, 2.45) is 0 Å². The molecule has 3 aliphatic heterocycles. The van der Waals surface area contributed by atoms with E-state index >= 15 is 0 Å². The van der Waals surface area contributed by atoms with E-state index in [1.807, 2.05) is 0 Å². The molecule has 3 fully saturated rings. The van der Waals surface area contributed by atoms with Crippen molar-refractivity contribution < 1.29 is 134 Å². The van der Waals surface area contributed by atoms with Crippen molar-refractivity contribution >= 4 is 30.0 Å². The number of carboxylic acid groups (broad SMARTS) is 2.